The van der Waals surface area contributed by atoms with Crippen molar-refractivity contribution in [3.8, 4) is 6.07 Å². The first-order valence-corrected chi connectivity index (χ1v) is 6.44. The van der Waals surface area contributed by atoms with Crippen LogP contribution in [0.5, 0.6) is 0 Å². The number of pyridine rings is 1. The number of hydrogen-bond acceptors (Lipinski definition) is 4. The lowest BCUT2D eigenvalue weighted by atomic mass is 10.1. The van der Waals surface area contributed by atoms with E-state index in [-0.39, 0.29) is 12.8 Å². The van der Waals surface area contributed by atoms with Crippen LogP contribution in [0.1, 0.15) is 23.2 Å². The molecule has 0 fully saturated rings. The van der Waals surface area contributed by atoms with Gasteiger partial charge in [0.2, 0.25) is 5.91 Å². The summed E-state index contributed by atoms with van der Waals surface area (Å²) in [6, 6.07) is 9.87. The Kier molecular flexibility index (Phi) is 4.46. The molecule has 2 rings (SSSR count). The van der Waals surface area contributed by atoms with Crippen LogP contribution in [0.15, 0.2) is 36.5 Å². The average molecular weight is 282 g/mol. The number of primary amides is 1. The fraction of sp³-hybridized carbons (Fsp3) is 0.200. The van der Waals surface area contributed by atoms with Crippen LogP contribution >= 0.6 is 0 Å². The third kappa shape index (κ3) is 3.34. The number of amides is 2. The lowest BCUT2D eigenvalue weighted by Crippen LogP contribution is -2.44. The largest absolute Gasteiger partial charge is 0.368 e. The maximum Gasteiger partial charge on any atom is 0.252 e. The minimum atomic E-state index is -0.857. The number of carbonyl (C=O) groups is 2. The number of benzene rings is 1. The molecule has 1 heterocycles. The molecule has 1 aromatic carbocycles. The van der Waals surface area contributed by atoms with E-state index in [9.17, 15) is 9.59 Å². The number of aromatic nitrogens is 1. The predicted octanol–water partition coefficient (Wildman–Crippen LogP) is 1.12. The third-order valence-corrected chi connectivity index (χ3v) is 3.09. The molecule has 106 valence electrons. The lowest BCUT2D eigenvalue weighted by Gasteiger charge is -2.14. The second kappa shape index (κ2) is 6.48. The summed E-state index contributed by atoms with van der Waals surface area (Å²) in [6.45, 7) is 0. The Labute approximate surface area is 121 Å². The normalized spacial score (nSPS) is 11.6. The number of nitrogens with one attached hydrogen (secondary N) is 1. The second-order valence-electron chi connectivity index (χ2n) is 4.50. The molecule has 21 heavy (non-hydrogen) atoms. The Morgan fingerprint density at radius 2 is 2.10 bits per heavy atom. The van der Waals surface area contributed by atoms with Gasteiger partial charge >= 0.3 is 0 Å². The van der Waals surface area contributed by atoms with Gasteiger partial charge < -0.3 is 11.1 Å². The van der Waals surface area contributed by atoms with Gasteiger partial charge in [0.15, 0.2) is 0 Å². The Morgan fingerprint density at radius 1 is 1.33 bits per heavy atom. The molecule has 0 radical (unpaired) electrons. The molecule has 6 nitrogen and oxygen atoms in total. The molecule has 0 aliphatic rings. The molecule has 0 unspecified atom stereocenters. The lowest BCUT2D eigenvalue weighted by molar-refractivity contribution is -0.119. The predicted molar refractivity (Wildman–Crippen MR) is 77.0 cm³/mol. The highest BCUT2D eigenvalue weighted by atomic mass is 16.2. The number of para-hydroxylation sites is 1. The standard InChI is InChI=1S/C15H14N4O2/c16-8-3-6-13(14(17)20)19-15(21)11-7-9-18-12-5-2-1-4-10(11)12/h1-2,4-5,7,9,13H,3,6H2,(H2,17,20)(H,19,21)/t13-/m0/s1. The van der Waals surface area contributed by atoms with Gasteiger partial charge in [0.1, 0.15) is 6.04 Å². The van der Waals surface area contributed by atoms with Gasteiger partial charge in [-0.2, -0.15) is 5.26 Å². The van der Waals surface area contributed by atoms with Gasteiger partial charge in [0.25, 0.3) is 5.91 Å². The molecule has 0 aliphatic carbocycles. The maximum atomic E-state index is 12.3. The first-order chi connectivity index (χ1) is 10.1. The molecular formula is C15H14N4O2. The number of hydrogen-bond donors (Lipinski definition) is 2. The first-order valence-electron chi connectivity index (χ1n) is 6.44. The molecular weight excluding hydrogens is 268 g/mol. The van der Waals surface area contributed by atoms with Gasteiger partial charge in [0.05, 0.1) is 17.1 Å². The van der Waals surface area contributed by atoms with Crippen LogP contribution in [0.4, 0.5) is 0 Å². The summed E-state index contributed by atoms with van der Waals surface area (Å²) in [7, 11) is 0. The number of nitriles is 1. The van der Waals surface area contributed by atoms with Crippen LogP contribution in [0.3, 0.4) is 0 Å². The van der Waals surface area contributed by atoms with Gasteiger partial charge in [0, 0.05) is 18.0 Å². The van der Waals surface area contributed by atoms with Crippen molar-refractivity contribution in [3.05, 3.63) is 42.1 Å². The third-order valence-electron chi connectivity index (χ3n) is 3.09. The van der Waals surface area contributed by atoms with Crippen LogP contribution in [-0.2, 0) is 4.79 Å². The minimum absolute atomic E-state index is 0.144. The van der Waals surface area contributed by atoms with E-state index in [4.69, 9.17) is 11.0 Å². The number of rotatable bonds is 5. The van der Waals surface area contributed by atoms with E-state index in [2.05, 4.69) is 10.3 Å². The molecule has 2 amide bonds. The van der Waals surface area contributed by atoms with E-state index < -0.39 is 17.9 Å². The SMILES string of the molecule is N#CCC[C@H](NC(=O)c1ccnc2ccccc12)C(N)=O. The van der Waals surface area contributed by atoms with Crippen molar-refractivity contribution < 1.29 is 9.59 Å². The van der Waals surface area contributed by atoms with E-state index in [0.29, 0.717) is 16.5 Å². The van der Waals surface area contributed by atoms with Gasteiger partial charge in [-0.25, -0.2) is 0 Å². The van der Waals surface area contributed by atoms with Crippen molar-refractivity contribution in [2.75, 3.05) is 0 Å². The Balaban J connectivity index is 2.26. The zero-order valence-electron chi connectivity index (χ0n) is 11.2. The second-order valence-corrected chi connectivity index (χ2v) is 4.50. The molecule has 0 bridgehead atoms. The molecule has 3 N–H and O–H groups in total. The number of nitrogens with zero attached hydrogens (tertiary/aromatic N) is 2. The van der Waals surface area contributed by atoms with Crippen molar-refractivity contribution in [1.82, 2.24) is 10.3 Å². The van der Waals surface area contributed by atoms with Crippen molar-refractivity contribution in [2.45, 2.75) is 18.9 Å². The highest BCUT2D eigenvalue weighted by Crippen LogP contribution is 2.16. The van der Waals surface area contributed by atoms with E-state index in [1.165, 1.54) is 6.20 Å². The highest BCUT2D eigenvalue weighted by Gasteiger charge is 2.19. The number of nitrogens with two attached hydrogens (primary N) is 1. The van der Waals surface area contributed by atoms with E-state index in [1.54, 1.807) is 18.2 Å². The van der Waals surface area contributed by atoms with Crippen LogP contribution in [0.2, 0.25) is 0 Å². The average Bonchev–Trinajstić information content (AvgIpc) is 2.50. The number of fused-ring (bicyclic) bond motifs is 1. The van der Waals surface area contributed by atoms with E-state index >= 15 is 0 Å². The van der Waals surface area contributed by atoms with Gasteiger partial charge in [-0.3, -0.25) is 14.6 Å². The minimum Gasteiger partial charge on any atom is -0.368 e. The van der Waals surface area contributed by atoms with Crippen molar-refractivity contribution >= 4 is 22.7 Å². The monoisotopic (exact) mass is 282 g/mol. The Hall–Kier alpha value is -2.94. The van der Waals surface area contributed by atoms with Crippen LogP contribution in [-0.4, -0.2) is 22.8 Å². The molecule has 2 aromatic rings. The highest BCUT2D eigenvalue weighted by molar-refractivity contribution is 6.07. The molecule has 0 saturated heterocycles. The fourth-order valence-corrected chi connectivity index (χ4v) is 2.02. The molecule has 0 spiro atoms. The molecule has 1 aromatic heterocycles. The summed E-state index contributed by atoms with van der Waals surface area (Å²) in [5, 5.41) is 11.8. The summed E-state index contributed by atoms with van der Waals surface area (Å²) in [6.07, 6.45) is 1.87. The van der Waals surface area contributed by atoms with Crippen LogP contribution < -0.4 is 11.1 Å². The smallest absolute Gasteiger partial charge is 0.252 e. The van der Waals surface area contributed by atoms with Crippen molar-refractivity contribution in [3.63, 3.8) is 0 Å². The summed E-state index contributed by atoms with van der Waals surface area (Å²) in [4.78, 5) is 27.8. The zero-order valence-corrected chi connectivity index (χ0v) is 11.2. The van der Waals surface area contributed by atoms with Crippen LogP contribution in [0, 0.1) is 11.3 Å². The summed E-state index contributed by atoms with van der Waals surface area (Å²) >= 11 is 0. The first kappa shape index (κ1) is 14.5. The zero-order chi connectivity index (χ0) is 15.2. The molecule has 0 saturated carbocycles. The van der Waals surface area contributed by atoms with Crippen molar-refractivity contribution in [2.24, 2.45) is 5.73 Å². The molecule has 6 heteroatoms. The van der Waals surface area contributed by atoms with Crippen LogP contribution in [0.25, 0.3) is 10.9 Å². The Morgan fingerprint density at radius 3 is 2.81 bits per heavy atom. The van der Waals surface area contributed by atoms with E-state index in [1.807, 2.05) is 18.2 Å². The summed E-state index contributed by atoms with van der Waals surface area (Å²) in [5.74, 6) is -1.06. The van der Waals surface area contributed by atoms with Gasteiger partial charge in [-0.1, -0.05) is 18.2 Å². The summed E-state index contributed by atoms with van der Waals surface area (Å²) < 4.78 is 0. The van der Waals surface area contributed by atoms with Crippen molar-refractivity contribution in [1.29, 1.82) is 5.26 Å². The maximum absolute atomic E-state index is 12.3. The molecule has 1 atom stereocenters. The summed E-state index contributed by atoms with van der Waals surface area (Å²) in [5.41, 5.74) is 6.35. The Bertz CT molecular complexity index is 716. The molecule has 0 aliphatic heterocycles. The van der Waals surface area contributed by atoms with E-state index in [0.717, 1.165) is 0 Å². The topological polar surface area (TPSA) is 109 Å². The number of carbonyl (C=O) groups excluding carboxylic acids is 2. The fourth-order valence-electron chi connectivity index (χ4n) is 2.02. The quantitative estimate of drug-likeness (QED) is 0.856. The van der Waals surface area contributed by atoms with Gasteiger partial charge in [-0.05, 0) is 18.6 Å². The van der Waals surface area contributed by atoms with Gasteiger partial charge in [-0.15, -0.1) is 0 Å².